The SMILES string of the molecule is CCNC(C)c1cnc(N2CCNC(=O)C2CC)s1. The molecule has 2 N–H and O–H groups in total. The van der Waals surface area contributed by atoms with Gasteiger partial charge in [0.1, 0.15) is 6.04 Å². The summed E-state index contributed by atoms with van der Waals surface area (Å²) in [7, 11) is 0. The van der Waals surface area contributed by atoms with Gasteiger partial charge in [-0.15, -0.1) is 11.3 Å². The Morgan fingerprint density at radius 1 is 1.63 bits per heavy atom. The van der Waals surface area contributed by atoms with Gasteiger partial charge in [-0.3, -0.25) is 4.79 Å². The molecule has 1 aromatic rings. The van der Waals surface area contributed by atoms with Gasteiger partial charge < -0.3 is 15.5 Å². The average molecular weight is 282 g/mol. The van der Waals surface area contributed by atoms with Crippen LogP contribution in [-0.2, 0) is 4.79 Å². The summed E-state index contributed by atoms with van der Waals surface area (Å²) < 4.78 is 0. The second kappa shape index (κ2) is 6.34. The number of aromatic nitrogens is 1. The first-order chi connectivity index (χ1) is 9.17. The van der Waals surface area contributed by atoms with Crippen molar-refractivity contribution in [2.75, 3.05) is 24.5 Å². The second-order valence-corrected chi connectivity index (χ2v) is 5.77. The van der Waals surface area contributed by atoms with Gasteiger partial charge in [-0.1, -0.05) is 13.8 Å². The van der Waals surface area contributed by atoms with E-state index in [2.05, 4.69) is 34.4 Å². The van der Waals surface area contributed by atoms with Crippen molar-refractivity contribution in [1.82, 2.24) is 15.6 Å². The van der Waals surface area contributed by atoms with E-state index in [1.54, 1.807) is 11.3 Å². The lowest BCUT2D eigenvalue weighted by Crippen LogP contribution is -2.55. The standard InChI is InChI=1S/C13H22N4OS/c1-4-10-12(18)15-6-7-17(10)13-16-8-11(19-13)9(3)14-5-2/h8-10,14H,4-7H2,1-3H3,(H,15,18). The molecule has 2 atom stereocenters. The predicted octanol–water partition coefficient (Wildman–Crippen LogP) is 1.53. The third-order valence-electron chi connectivity index (χ3n) is 3.41. The largest absolute Gasteiger partial charge is 0.353 e. The van der Waals surface area contributed by atoms with Gasteiger partial charge in [0.2, 0.25) is 5.91 Å². The number of hydrogen-bond acceptors (Lipinski definition) is 5. The lowest BCUT2D eigenvalue weighted by atomic mass is 10.1. The molecule has 0 radical (unpaired) electrons. The van der Waals surface area contributed by atoms with Crippen LogP contribution < -0.4 is 15.5 Å². The number of nitrogens with one attached hydrogen (secondary N) is 2. The van der Waals surface area contributed by atoms with Crippen molar-refractivity contribution >= 4 is 22.4 Å². The van der Waals surface area contributed by atoms with Crippen molar-refractivity contribution < 1.29 is 4.79 Å². The number of anilines is 1. The van der Waals surface area contributed by atoms with E-state index in [1.807, 2.05) is 13.1 Å². The second-order valence-electron chi connectivity index (χ2n) is 4.73. The summed E-state index contributed by atoms with van der Waals surface area (Å²) in [5, 5.41) is 7.26. The molecule has 2 rings (SSSR count). The van der Waals surface area contributed by atoms with Gasteiger partial charge in [0.15, 0.2) is 5.13 Å². The van der Waals surface area contributed by atoms with E-state index in [4.69, 9.17) is 0 Å². The third-order valence-corrected chi connectivity index (χ3v) is 4.63. The number of amides is 1. The van der Waals surface area contributed by atoms with Gasteiger partial charge in [0.05, 0.1) is 0 Å². The Bertz CT molecular complexity index is 434. The molecule has 1 aliphatic heterocycles. The highest BCUT2D eigenvalue weighted by Crippen LogP contribution is 2.29. The first kappa shape index (κ1) is 14.3. The smallest absolute Gasteiger partial charge is 0.242 e. The van der Waals surface area contributed by atoms with Crippen LogP contribution in [0.15, 0.2) is 6.20 Å². The fourth-order valence-electron chi connectivity index (χ4n) is 2.37. The van der Waals surface area contributed by atoms with E-state index >= 15 is 0 Å². The van der Waals surface area contributed by atoms with Crippen molar-refractivity contribution in [2.24, 2.45) is 0 Å². The van der Waals surface area contributed by atoms with Gasteiger partial charge in [-0.25, -0.2) is 4.98 Å². The zero-order valence-electron chi connectivity index (χ0n) is 11.8. The molecule has 106 valence electrons. The van der Waals surface area contributed by atoms with E-state index in [0.717, 1.165) is 24.6 Å². The highest BCUT2D eigenvalue weighted by Gasteiger charge is 2.30. The molecule has 0 aliphatic carbocycles. The zero-order valence-corrected chi connectivity index (χ0v) is 12.6. The van der Waals surface area contributed by atoms with Crippen molar-refractivity contribution in [2.45, 2.75) is 39.3 Å². The Balaban J connectivity index is 2.14. The van der Waals surface area contributed by atoms with Gasteiger partial charge in [0, 0.05) is 30.2 Å². The number of hydrogen-bond donors (Lipinski definition) is 2. The summed E-state index contributed by atoms with van der Waals surface area (Å²) in [5.74, 6) is 0.116. The molecule has 2 unspecified atom stereocenters. The molecule has 1 aliphatic rings. The molecular formula is C13H22N4OS. The van der Waals surface area contributed by atoms with E-state index in [9.17, 15) is 4.79 Å². The van der Waals surface area contributed by atoms with Crippen molar-refractivity contribution in [3.63, 3.8) is 0 Å². The van der Waals surface area contributed by atoms with Crippen LogP contribution in [0.1, 0.15) is 38.1 Å². The summed E-state index contributed by atoms with van der Waals surface area (Å²) in [5.41, 5.74) is 0. The Hall–Kier alpha value is -1.14. The van der Waals surface area contributed by atoms with E-state index in [-0.39, 0.29) is 11.9 Å². The van der Waals surface area contributed by atoms with Crippen LogP contribution in [-0.4, -0.2) is 36.6 Å². The first-order valence-electron chi connectivity index (χ1n) is 6.90. The van der Waals surface area contributed by atoms with Gasteiger partial charge in [0.25, 0.3) is 0 Å². The molecule has 5 nitrogen and oxygen atoms in total. The molecular weight excluding hydrogens is 260 g/mol. The lowest BCUT2D eigenvalue weighted by molar-refractivity contribution is -0.123. The molecule has 1 saturated heterocycles. The molecule has 1 fully saturated rings. The quantitative estimate of drug-likeness (QED) is 0.860. The Morgan fingerprint density at radius 2 is 2.42 bits per heavy atom. The van der Waals surface area contributed by atoms with Crippen LogP contribution >= 0.6 is 11.3 Å². The summed E-state index contributed by atoms with van der Waals surface area (Å²) in [6.07, 6.45) is 2.73. The Labute approximate surface area is 118 Å². The maximum absolute atomic E-state index is 11.9. The molecule has 0 spiro atoms. The maximum Gasteiger partial charge on any atom is 0.242 e. The molecule has 0 saturated carbocycles. The van der Waals surface area contributed by atoms with E-state index in [0.29, 0.717) is 12.6 Å². The average Bonchev–Trinajstić information content (AvgIpc) is 2.88. The fraction of sp³-hybridized carbons (Fsp3) is 0.692. The Kier molecular flexibility index (Phi) is 4.76. The molecule has 0 aromatic carbocycles. The van der Waals surface area contributed by atoms with Crippen molar-refractivity contribution in [3.05, 3.63) is 11.1 Å². The summed E-state index contributed by atoms with van der Waals surface area (Å²) in [6.45, 7) is 8.76. The van der Waals surface area contributed by atoms with Crippen molar-refractivity contribution in [3.8, 4) is 0 Å². The zero-order chi connectivity index (χ0) is 13.8. The summed E-state index contributed by atoms with van der Waals surface area (Å²) in [6, 6.07) is 0.233. The first-order valence-corrected chi connectivity index (χ1v) is 7.72. The highest BCUT2D eigenvalue weighted by molar-refractivity contribution is 7.15. The van der Waals surface area contributed by atoms with Crippen LogP contribution in [0.3, 0.4) is 0 Å². The number of thiazole rings is 1. The third kappa shape index (κ3) is 3.06. The number of nitrogens with zero attached hydrogens (tertiary/aromatic N) is 2. The minimum Gasteiger partial charge on any atom is -0.353 e. The maximum atomic E-state index is 11.9. The lowest BCUT2D eigenvalue weighted by Gasteiger charge is -2.34. The van der Waals surface area contributed by atoms with Crippen LogP contribution in [0.2, 0.25) is 0 Å². The molecule has 2 heterocycles. The molecule has 6 heteroatoms. The number of rotatable bonds is 5. The number of carbonyl (C=O) groups excluding carboxylic acids is 1. The predicted molar refractivity (Wildman–Crippen MR) is 78.6 cm³/mol. The molecule has 0 bridgehead atoms. The summed E-state index contributed by atoms with van der Waals surface area (Å²) >= 11 is 1.68. The van der Waals surface area contributed by atoms with Crippen molar-refractivity contribution in [1.29, 1.82) is 0 Å². The monoisotopic (exact) mass is 282 g/mol. The number of carbonyl (C=O) groups is 1. The molecule has 1 amide bonds. The minimum atomic E-state index is -0.0813. The highest BCUT2D eigenvalue weighted by atomic mass is 32.1. The fourth-order valence-corrected chi connectivity index (χ4v) is 3.38. The molecule has 1 aromatic heterocycles. The normalized spacial score (nSPS) is 21.3. The van der Waals surface area contributed by atoms with Gasteiger partial charge >= 0.3 is 0 Å². The van der Waals surface area contributed by atoms with E-state index < -0.39 is 0 Å². The minimum absolute atomic E-state index is 0.0813. The topological polar surface area (TPSA) is 57.3 Å². The van der Waals surface area contributed by atoms with Crippen LogP contribution in [0.5, 0.6) is 0 Å². The molecule has 19 heavy (non-hydrogen) atoms. The van der Waals surface area contributed by atoms with Gasteiger partial charge in [-0.2, -0.15) is 0 Å². The van der Waals surface area contributed by atoms with Gasteiger partial charge in [-0.05, 0) is 19.9 Å². The Morgan fingerprint density at radius 3 is 3.11 bits per heavy atom. The van der Waals surface area contributed by atoms with E-state index in [1.165, 1.54) is 4.88 Å². The number of piperazine rings is 1. The van der Waals surface area contributed by atoms with Crippen LogP contribution in [0.25, 0.3) is 0 Å². The van der Waals surface area contributed by atoms with Crippen LogP contribution in [0, 0.1) is 0 Å². The van der Waals surface area contributed by atoms with Crippen LogP contribution in [0.4, 0.5) is 5.13 Å². The summed E-state index contributed by atoms with van der Waals surface area (Å²) in [4.78, 5) is 19.7.